The first kappa shape index (κ1) is 16.1. The molecular formula is C17H18N2O2S2. The fraction of sp³-hybridized carbons (Fsp3) is 0.294. The summed E-state index contributed by atoms with van der Waals surface area (Å²) in [6, 6.07) is 10.2. The van der Waals surface area contributed by atoms with E-state index in [4.69, 9.17) is 4.52 Å². The van der Waals surface area contributed by atoms with Gasteiger partial charge in [-0.2, -0.15) is 0 Å². The number of benzene rings is 1. The highest BCUT2D eigenvalue weighted by molar-refractivity contribution is 7.83. The Hall–Kier alpha value is -1.79. The Morgan fingerprint density at radius 2 is 1.96 bits per heavy atom. The molecule has 6 heteroatoms. The Morgan fingerprint density at radius 1 is 1.17 bits per heavy atom. The fourth-order valence-corrected chi connectivity index (χ4v) is 4.52. The van der Waals surface area contributed by atoms with Gasteiger partial charge in [-0.3, -0.25) is 4.21 Å². The van der Waals surface area contributed by atoms with E-state index in [1.54, 1.807) is 17.4 Å². The van der Waals surface area contributed by atoms with Crippen LogP contribution < -0.4 is 0 Å². The van der Waals surface area contributed by atoms with Crippen LogP contribution in [0.2, 0.25) is 0 Å². The minimum absolute atomic E-state index is 0.410. The first-order valence-corrected chi connectivity index (χ1v) is 9.71. The van der Waals surface area contributed by atoms with Crippen molar-refractivity contribution in [2.75, 3.05) is 0 Å². The summed E-state index contributed by atoms with van der Waals surface area (Å²) in [7, 11) is -1.01. The number of hydrogen-bond donors (Lipinski definition) is 0. The number of rotatable bonds is 6. The summed E-state index contributed by atoms with van der Waals surface area (Å²) in [5.41, 5.74) is 3.14. The van der Waals surface area contributed by atoms with Gasteiger partial charge in [0, 0.05) is 33.5 Å². The molecule has 3 aromatic rings. The normalized spacial score (nSPS) is 12.7. The minimum atomic E-state index is -1.01. The van der Waals surface area contributed by atoms with Crippen molar-refractivity contribution in [3.8, 4) is 10.6 Å². The molecule has 0 aliphatic heterocycles. The van der Waals surface area contributed by atoms with E-state index in [-0.39, 0.29) is 0 Å². The van der Waals surface area contributed by atoms with E-state index < -0.39 is 10.8 Å². The Kier molecular flexibility index (Phi) is 5.03. The van der Waals surface area contributed by atoms with Gasteiger partial charge >= 0.3 is 0 Å². The zero-order chi connectivity index (χ0) is 16.2. The van der Waals surface area contributed by atoms with Gasteiger partial charge in [-0.05, 0) is 11.5 Å². The van der Waals surface area contributed by atoms with Crippen molar-refractivity contribution in [2.45, 2.75) is 31.3 Å². The lowest BCUT2D eigenvalue weighted by Crippen LogP contribution is -1.98. The second-order valence-electron chi connectivity index (χ2n) is 5.63. The molecule has 0 saturated carbocycles. The molecule has 0 radical (unpaired) electrons. The summed E-state index contributed by atoms with van der Waals surface area (Å²) >= 11 is 1.59. The van der Waals surface area contributed by atoms with Gasteiger partial charge in [0.1, 0.15) is 11.3 Å². The van der Waals surface area contributed by atoms with Crippen molar-refractivity contribution < 1.29 is 8.73 Å². The average molecular weight is 346 g/mol. The van der Waals surface area contributed by atoms with Gasteiger partial charge in [-0.15, -0.1) is 11.3 Å². The van der Waals surface area contributed by atoms with Crippen LogP contribution in [0, 0.1) is 0 Å². The van der Waals surface area contributed by atoms with Crippen LogP contribution in [0.3, 0.4) is 0 Å². The first-order valence-electron chi connectivity index (χ1n) is 7.41. The molecular weight excluding hydrogens is 328 g/mol. The highest BCUT2D eigenvalue weighted by Gasteiger charge is 2.10. The highest BCUT2D eigenvalue weighted by atomic mass is 32.2. The second-order valence-corrected chi connectivity index (χ2v) is 8.20. The molecule has 3 rings (SSSR count). The summed E-state index contributed by atoms with van der Waals surface area (Å²) < 4.78 is 16.9. The largest absolute Gasteiger partial charge is 0.364 e. The molecule has 1 atom stereocenters. The molecule has 0 amide bonds. The molecule has 0 bridgehead atoms. The summed E-state index contributed by atoms with van der Waals surface area (Å²) in [5, 5.41) is 4.76. The van der Waals surface area contributed by atoms with E-state index in [1.165, 1.54) is 11.8 Å². The van der Waals surface area contributed by atoms with Crippen molar-refractivity contribution in [1.82, 2.24) is 10.1 Å². The standard InChI is InChI=1S/C17H18N2O2S2/c1-12(2)13-3-5-14(6-4-13)17-18-9-16(22-17)11-23(20)10-15-7-8-21-19-15/h3-9,12H,10-11H2,1-2H3. The van der Waals surface area contributed by atoms with E-state index in [0.717, 1.165) is 21.1 Å². The third-order valence-electron chi connectivity index (χ3n) is 3.48. The van der Waals surface area contributed by atoms with Crippen LogP contribution in [0.25, 0.3) is 10.6 Å². The fourth-order valence-electron chi connectivity index (χ4n) is 2.20. The van der Waals surface area contributed by atoms with E-state index >= 15 is 0 Å². The number of nitrogens with zero attached hydrogens (tertiary/aromatic N) is 2. The van der Waals surface area contributed by atoms with Crippen molar-refractivity contribution in [1.29, 1.82) is 0 Å². The van der Waals surface area contributed by atoms with Gasteiger partial charge in [0.15, 0.2) is 0 Å². The monoisotopic (exact) mass is 346 g/mol. The van der Waals surface area contributed by atoms with Crippen LogP contribution in [0.15, 0.2) is 47.3 Å². The lowest BCUT2D eigenvalue weighted by Gasteiger charge is -2.05. The quantitative estimate of drug-likeness (QED) is 0.665. The molecule has 0 spiro atoms. The van der Waals surface area contributed by atoms with Crippen LogP contribution >= 0.6 is 11.3 Å². The maximum absolute atomic E-state index is 12.2. The molecule has 0 fully saturated rings. The van der Waals surface area contributed by atoms with E-state index in [1.807, 2.05) is 6.20 Å². The Balaban J connectivity index is 1.66. The second kappa shape index (κ2) is 7.19. The Morgan fingerprint density at radius 3 is 2.61 bits per heavy atom. The number of hydrogen-bond acceptors (Lipinski definition) is 5. The van der Waals surface area contributed by atoms with Gasteiger partial charge in [0.2, 0.25) is 0 Å². The molecule has 0 aliphatic rings. The average Bonchev–Trinajstić information content (AvgIpc) is 3.19. The van der Waals surface area contributed by atoms with Crippen molar-refractivity contribution in [2.24, 2.45) is 0 Å². The van der Waals surface area contributed by atoms with Crippen molar-refractivity contribution in [3.63, 3.8) is 0 Å². The summed E-state index contributed by atoms with van der Waals surface area (Å²) in [6.07, 6.45) is 3.31. The maximum atomic E-state index is 12.2. The molecule has 0 aliphatic carbocycles. The predicted octanol–water partition coefficient (Wildman–Crippen LogP) is 4.37. The van der Waals surface area contributed by atoms with Gasteiger partial charge in [-0.1, -0.05) is 43.3 Å². The molecule has 1 unspecified atom stereocenters. The maximum Gasteiger partial charge on any atom is 0.124 e. The zero-order valence-electron chi connectivity index (χ0n) is 13.1. The van der Waals surface area contributed by atoms with E-state index in [0.29, 0.717) is 17.4 Å². The molecule has 4 nitrogen and oxygen atoms in total. The van der Waals surface area contributed by atoms with Crippen LogP contribution in [0.5, 0.6) is 0 Å². The minimum Gasteiger partial charge on any atom is -0.364 e. The van der Waals surface area contributed by atoms with Crippen LogP contribution in [-0.2, 0) is 22.3 Å². The van der Waals surface area contributed by atoms with Crippen molar-refractivity contribution in [3.05, 3.63) is 58.9 Å². The van der Waals surface area contributed by atoms with Gasteiger partial charge in [0.25, 0.3) is 0 Å². The molecule has 2 aromatic heterocycles. The summed E-state index contributed by atoms with van der Waals surface area (Å²) in [6.45, 7) is 4.36. The third kappa shape index (κ3) is 4.14. The van der Waals surface area contributed by atoms with Gasteiger partial charge in [-0.25, -0.2) is 4.98 Å². The zero-order valence-corrected chi connectivity index (χ0v) is 14.7. The highest BCUT2D eigenvalue weighted by Crippen LogP contribution is 2.27. The van der Waals surface area contributed by atoms with Gasteiger partial charge in [0.05, 0.1) is 17.2 Å². The molecule has 2 heterocycles. The summed E-state index contributed by atoms with van der Waals surface area (Å²) in [5.74, 6) is 1.43. The molecule has 120 valence electrons. The molecule has 1 aromatic carbocycles. The topological polar surface area (TPSA) is 56.0 Å². The Labute approximate surface area is 142 Å². The number of thiazole rings is 1. The third-order valence-corrected chi connectivity index (χ3v) is 5.96. The van der Waals surface area contributed by atoms with Crippen LogP contribution in [0.4, 0.5) is 0 Å². The molecule has 0 N–H and O–H groups in total. The van der Waals surface area contributed by atoms with E-state index in [2.05, 4.69) is 48.3 Å². The molecule has 23 heavy (non-hydrogen) atoms. The predicted molar refractivity (Wildman–Crippen MR) is 93.7 cm³/mol. The lowest BCUT2D eigenvalue weighted by atomic mass is 10.0. The SMILES string of the molecule is CC(C)c1ccc(-c2ncc(CS(=O)Cc3ccon3)s2)cc1. The van der Waals surface area contributed by atoms with Crippen LogP contribution in [0.1, 0.15) is 35.9 Å². The van der Waals surface area contributed by atoms with Gasteiger partial charge < -0.3 is 4.52 Å². The smallest absolute Gasteiger partial charge is 0.124 e. The van der Waals surface area contributed by atoms with E-state index in [9.17, 15) is 4.21 Å². The summed E-state index contributed by atoms with van der Waals surface area (Å²) in [4.78, 5) is 5.48. The number of aromatic nitrogens is 2. The van der Waals surface area contributed by atoms with Crippen molar-refractivity contribution >= 4 is 22.1 Å². The Bertz CT molecular complexity index is 777. The first-order chi connectivity index (χ1) is 11.1. The molecule has 0 saturated heterocycles. The van der Waals surface area contributed by atoms with Crippen LogP contribution in [-0.4, -0.2) is 14.3 Å². The lowest BCUT2D eigenvalue weighted by molar-refractivity contribution is 0.414.